The van der Waals surface area contributed by atoms with Crippen molar-refractivity contribution in [3.63, 3.8) is 0 Å². The fourth-order valence-corrected chi connectivity index (χ4v) is 3.84. The van der Waals surface area contributed by atoms with Crippen LogP contribution in [0.1, 0.15) is 36.5 Å². The highest BCUT2D eigenvalue weighted by molar-refractivity contribution is 6.31. The molecule has 8 heteroatoms. The predicted molar refractivity (Wildman–Crippen MR) is 122 cm³/mol. The summed E-state index contributed by atoms with van der Waals surface area (Å²) in [4.78, 5) is 35.3. The zero-order valence-electron chi connectivity index (χ0n) is 17.3. The van der Waals surface area contributed by atoms with E-state index in [1.54, 1.807) is 43.5 Å². The molecule has 1 atom stereocenters. The monoisotopic (exact) mass is 437 g/mol. The van der Waals surface area contributed by atoms with E-state index >= 15 is 0 Å². The lowest BCUT2D eigenvalue weighted by atomic mass is 10.0. The second-order valence-corrected chi connectivity index (χ2v) is 8.05. The van der Waals surface area contributed by atoms with Crippen LogP contribution in [-0.2, 0) is 4.79 Å². The predicted octanol–water partition coefficient (Wildman–Crippen LogP) is 4.35. The Bertz CT molecular complexity index is 1100. The molecule has 1 aliphatic rings. The number of hydrogen-bond acceptors (Lipinski definition) is 5. The first-order valence-corrected chi connectivity index (χ1v) is 10.8. The molecule has 2 aromatic carbocycles. The largest absolute Gasteiger partial charge is 0.350 e. The van der Waals surface area contributed by atoms with Gasteiger partial charge in [0.2, 0.25) is 11.9 Å². The normalized spacial score (nSPS) is 16.2. The lowest BCUT2D eigenvalue weighted by Crippen LogP contribution is -2.45. The van der Waals surface area contributed by atoms with Crippen LogP contribution in [0.2, 0.25) is 5.02 Å². The third kappa shape index (κ3) is 5.11. The highest BCUT2D eigenvalue weighted by Gasteiger charge is 2.25. The van der Waals surface area contributed by atoms with E-state index in [-0.39, 0.29) is 17.9 Å². The smallest absolute Gasteiger partial charge is 0.253 e. The van der Waals surface area contributed by atoms with E-state index in [1.165, 1.54) is 0 Å². The van der Waals surface area contributed by atoms with Gasteiger partial charge < -0.3 is 15.5 Å². The number of benzene rings is 2. The van der Waals surface area contributed by atoms with Crippen LogP contribution in [0, 0.1) is 0 Å². The summed E-state index contributed by atoms with van der Waals surface area (Å²) in [5.74, 6) is 0.474. The van der Waals surface area contributed by atoms with Crippen LogP contribution in [0.25, 0.3) is 10.9 Å². The molecule has 0 radical (unpaired) electrons. The molecule has 0 spiro atoms. The summed E-state index contributed by atoms with van der Waals surface area (Å²) in [5, 5.41) is 7.69. The number of hydrogen-bond donors (Lipinski definition) is 2. The van der Waals surface area contributed by atoms with Gasteiger partial charge in [0.05, 0.1) is 5.52 Å². The van der Waals surface area contributed by atoms with Gasteiger partial charge in [0.1, 0.15) is 0 Å². The number of aromatic nitrogens is 2. The molecule has 7 nitrogen and oxygen atoms in total. The van der Waals surface area contributed by atoms with Crippen molar-refractivity contribution in [2.75, 3.05) is 23.7 Å². The van der Waals surface area contributed by atoms with Crippen LogP contribution in [0.4, 0.5) is 11.6 Å². The number of nitrogens with one attached hydrogen (secondary N) is 2. The van der Waals surface area contributed by atoms with Crippen LogP contribution < -0.4 is 10.6 Å². The Labute approximate surface area is 185 Å². The maximum Gasteiger partial charge on any atom is 0.253 e. The molecule has 160 valence electrons. The van der Waals surface area contributed by atoms with Gasteiger partial charge in [-0.05, 0) is 55.3 Å². The lowest BCUT2D eigenvalue weighted by molar-refractivity contribution is -0.115. The molecule has 2 heterocycles. The molecule has 1 aliphatic heterocycles. The Morgan fingerprint density at radius 1 is 1.19 bits per heavy atom. The van der Waals surface area contributed by atoms with Crippen molar-refractivity contribution in [3.05, 3.63) is 59.2 Å². The van der Waals surface area contributed by atoms with Gasteiger partial charge in [-0.1, -0.05) is 18.5 Å². The van der Waals surface area contributed by atoms with Crippen molar-refractivity contribution in [2.45, 2.75) is 32.2 Å². The second-order valence-electron chi connectivity index (χ2n) is 7.61. The minimum atomic E-state index is -0.0527. The number of piperidine rings is 1. The van der Waals surface area contributed by atoms with Crippen LogP contribution in [0.5, 0.6) is 0 Å². The van der Waals surface area contributed by atoms with Crippen molar-refractivity contribution in [3.8, 4) is 0 Å². The Hall–Kier alpha value is -3.19. The average molecular weight is 438 g/mol. The summed E-state index contributed by atoms with van der Waals surface area (Å²) in [6.07, 6.45) is 4.00. The highest BCUT2D eigenvalue weighted by atomic mass is 35.5. The molecule has 31 heavy (non-hydrogen) atoms. The van der Waals surface area contributed by atoms with Gasteiger partial charge in [-0.2, -0.15) is 0 Å². The summed E-state index contributed by atoms with van der Waals surface area (Å²) < 4.78 is 0. The van der Waals surface area contributed by atoms with E-state index in [1.807, 2.05) is 17.0 Å². The summed E-state index contributed by atoms with van der Waals surface area (Å²) in [6.45, 7) is 3.09. The molecule has 0 unspecified atom stereocenters. The Morgan fingerprint density at radius 2 is 2.00 bits per heavy atom. The minimum Gasteiger partial charge on any atom is -0.350 e. The fourth-order valence-electron chi connectivity index (χ4n) is 3.66. The topological polar surface area (TPSA) is 87.2 Å². The zero-order chi connectivity index (χ0) is 21.8. The highest BCUT2D eigenvalue weighted by Crippen LogP contribution is 2.21. The van der Waals surface area contributed by atoms with Crippen molar-refractivity contribution >= 4 is 46.0 Å². The molecule has 2 amide bonds. The van der Waals surface area contributed by atoms with Crippen LogP contribution >= 0.6 is 11.6 Å². The Kier molecular flexibility index (Phi) is 6.32. The van der Waals surface area contributed by atoms with Gasteiger partial charge >= 0.3 is 0 Å². The van der Waals surface area contributed by atoms with Crippen molar-refractivity contribution in [1.29, 1.82) is 0 Å². The van der Waals surface area contributed by atoms with Gasteiger partial charge in [0.25, 0.3) is 5.91 Å². The number of nitrogens with zero attached hydrogens (tertiary/aromatic N) is 3. The SMILES string of the molecule is CCC(=O)Nc1ccc(C(=O)N2CCC[C@@H](Nc3ncc4cc(Cl)ccc4n3)C2)cc1. The average Bonchev–Trinajstić information content (AvgIpc) is 2.79. The maximum absolute atomic E-state index is 13.0. The lowest BCUT2D eigenvalue weighted by Gasteiger charge is -2.33. The third-order valence-electron chi connectivity index (χ3n) is 5.32. The summed E-state index contributed by atoms with van der Waals surface area (Å²) in [5.41, 5.74) is 2.12. The van der Waals surface area contributed by atoms with E-state index in [9.17, 15) is 9.59 Å². The Morgan fingerprint density at radius 3 is 2.77 bits per heavy atom. The molecule has 2 N–H and O–H groups in total. The number of fused-ring (bicyclic) bond motifs is 1. The molecule has 0 bridgehead atoms. The van der Waals surface area contributed by atoms with Crippen molar-refractivity contribution < 1.29 is 9.59 Å². The number of anilines is 2. The van der Waals surface area contributed by atoms with E-state index in [2.05, 4.69) is 20.6 Å². The Balaban J connectivity index is 1.40. The van der Waals surface area contributed by atoms with Crippen LogP contribution in [-0.4, -0.2) is 45.8 Å². The number of rotatable bonds is 5. The van der Waals surface area contributed by atoms with Crippen LogP contribution in [0.15, 0.2) is 48.7 Å². The van der Waals surface area contributed by atoms with Crippen molar-refractivity contribution in [2.24, 2.45) is 0 Å². The number of amides is 2. The van der Waals surface area contributed by atoms with E-state index in [4.69, 9.17) is 11.6 Å². The fraction of sp³-hybridized carbons (Fsp3) is 0.304. The first-order chi connectivity index (χ1) is 15.0. The third-order valence-corrected chi connectivity index (χ3v) is 5.56. The van der Waals surface area contributed by atoms with Crippen LogP contribution in [0.3, 0.4) is 0 Å². The number of carbonyl (C=O) groups is 2. The molecular weight excluding hydrogens is 414 g/mol. The van der Waals surface area contributed by atoms with Crippen molar-refractivity contribution in [1.82, 2.24) is 14.9 Å². The minimum absolute atomic E-state index is 0.0195. The molecule has 3 aromatic rings. The van der Waals surface area contributed by atoms with Gasteiger partial charge in [-0.25, -0.2) is 9.97 Å². The first kappa shape index (κ1) is 21.1. The molecule has 1 fully saturated rings. The zero-order valence-corrected chi connectivity index (χ0v) is 18.0. The number of halogens is 1. The number of carbonyl (C=O) groups excluding carboxylic acids is 2. The second kappa shape index (κ2) is 9.31. The molecule has 0 saturated carbocycles. The van der Waals surface area contributed by atoms with E-state index < -0.39 is 0 Å². The first-order valence-electron chi connectivity index (χ1n) is 10.4. The molecule has 1 aromatic heterocycles. The van der Waals surface area contributed by atoms with Gasteiger partial charge in [-0.15, -0.1) is 0 Å². The standard InChI is InChI=1S/C23H24ClN5O2/c1-2-21(30)26-18-8-5-15(6-9-18)22(31)29-11-3-4-19(14-29)27-23-25-13-16-12-17(24)7-10-20(16)28-23/h5-10,12-13,19H,2-4,11,14H2,1H3,(H,26,30)(H,25,27,28)/t19-/m1/s1. The maximum atomic E-state index is 13.0. The quantitative estimate of drug-likeness (QED) is 0.619. The summed E-state index contributed by atoms with van der Waals surface area (Å²) in [6, 6.07) is 12.6. The van der Waals surface area contributed by atoms with Gasteiger partial charge in [0.15, 0.2) is 0 Å². The molecule has 1 saturated heterocycles. The molecule has 0 aliphatic carbocycles. The molecule has 4 rings (SSSR count). The summed E-state index contributed by atoms with van der Waals surface area (Å²) >= 11 is 6.02. The molecular formula is C23H24ClN5O2. The van der Waals surface area contributed by atoms with Gasteiger partial charge in [-0.3, -0.25) is 9.59 Å². The van der Waals surface area contributed by atoms with E-state index in [0.29, 0.717) is 41.7 Å². The summed E-state index contributed by atoms with van der Waals surface area (Å²) in [7, 11) is 0. The van der Waals surface area contributed by atoms with Gasteiger partial charge in [0, 0.05) is 53.4 Å². The number of likely N-dealkylation sites (tertiary alicyclic amines) is 1. The van der Waals surface area contributed by atoms with E-state index in [0.717, 1.165) is 23.7 Å².